The van der Waals surface area contributed by atoms with E-state index in [9.17, 15) is 5.11 Å². The second-order valence-corrected chi connectivity index (χ2v) is 10.2. The minimum atomic E-state index is -0.956. The van der Waals surface area contributed by atoms with E-state index in [1.54, 1.807) is 21.3 Å². The molecule has 0 fully saturated rings. The average Bonchev–Trinajstić information content (AvgIpc) is 3.19. The Balaban J connectivity index is 1.61. The molecule has 0 atom stereocenters. The zero-order valence-corrected chi connectivity index (χ0v) is 19.0. The first-order valence-corrected chi connectivity index (χ1v) is 10.8. The molecule has 0 aliphatic heterocycles. The summed E-state index contributed by atoms with van der Waals surface area (Å²) in [5.41, 5.74) is 6.00. The summed E-state index contributed by atoms with van der Waals surface area (Å²) in [6, 6.07) is 19.1. The van der Waals surface area contributed by atoms with Crippen LogP contribution < -0.4 is 5.46 Å². The van der Waals surface area contributed by atoms with Gasteiger partial charge in [-0.15, -0.1) is 0 Å². The summed E-state index contributed by atoms with van der Waals surface area (Å²) in [5.74, 6) is 0. The van der Waals surface area contributed by atoms with E-state index in [-0.39, 0.29) is 5.41 Å². The molecule has 4 aromatic rings. The molecule has 1 aliphatic rings. The minimum Gasteiger partial charge on any atom is -0.455 e. The maximum atomic E-state index is 10.4. The molecule has 0 saturated carbocycles. The van der Waals surface area contributed by atoms with Gasteiger partial charge in [0.2, 0.25) is 0 Å². The summed E-state index contributed by atoms with van der Waals surface area (Å²) in [6.07, 6.45) is 0. The molecule has 0 saturated heterocycles. The Morgan fingerprint density at radius 1 is 0.903 bits per heavy atom. The predicted octanol–water partition coefficient (Wildman–Crippen LogP) is 5.70. The van der Waals surface area contributed by atoms with Crippen molar-refractivity contribution in [1.29, 1.82) is 0 Å². The van der Waals surface area contributed by atoms with Gasteiger partial charge in [0.25, 0.3) is 0 Å². The largest absolute Gasteiger partial charge is 0.455 e. The molecule has 1 radical (unpaired) electrons. The molecular weight excluding hydrogens is 383 g/mol. The van der Waals surface area contributed by atoms with Gasteiger partial charge in [0.05, 0.1) is 11.2 Å². The van der Waals surface area contributed by atoms with Crippen LogP contribution in [0.15, 0.2) is 59.0 Å². The summed E-state index contributed by atoms with van der Waals surface area (Å²) in [4.78, 5) is 0. The third-order valence-corrected chi connectivity index (χ3v) is 7.17. The van der Waals surface area contributed by atoms with Crippen LogP contribution in [0.4, 0.5) is 0 Å². The maximum Gasteiger partial charge on any atom is 0.330 e. The van der Waals surface area contributed by atoms with Crippen molar-refractivity contribution in [3.05, 3.63) is 65.7 Å². The van der Waals surface area contributed by atoms with Crippen LogP contribution in [0.1, 0.15) is 52.7 Å². The van der Waals surface area contributed by atoms with Crippen LogP contribution in [0, 0.1) is 0 Å². The normalized spacial score (nSPS) is 15.3. The zero-order valence-electron chi connectivity index (χ0n) is 19.0. The second-order valence-electron chi connectivity index (χ2n) is 10.2. The highest BCUT2D eigenvalue weighted by atomic mass is 16.5. The van der Waals surface area contributed by atoms with E-state index in [2.05, 4.69) is 56.3 Å². The first kappa shape index (κ1) is 20.4. The molecule has 0 spiro atoms. The lowest BCUT2D eigenvalue weighted by molar-refractivity contribution is -0.0893. The molecule has 4 heteroatoms. The summed E-state index contributed by atoms with van der Waals surface area (Å²) < 4.78 is 12.3. The maximum absolute atomic E-state index is 10.4. The number of para-hydroxylation sites is 1. The van der Waals surface area contributed by atoms with Crippen LogP contribution in [-0.4, -0.2) is 23.8 Å². The summed E-state index contributed by atoms with van der Waals surface area (Å²) in [7, 11) is 1.76. The Labute approximate surface area is 184 Å². The highest BCUT2D eigenvalue weighted by Crippen LogP contribution is 2.52. The molecule has 1 aromatic heterocycles. The van der Waals surface area contributed by atoms with Crippen LogP contribution in [0.25, 0.3) is 33.1 Å². The fourth-order valence-electron chi connectivity index (χ4n) is 4.45. The van der Waals surface area contributed by atoms with Crippen molar-refractivity contribution in [3.8, 4) is 11.1 Å². The van der Waals surface area contributed by atoms with E-state index in [4.69, 9.17) is 9.07 Å². The van der Waals surface area contributed by atoms with Crippen LogP contribution >= 0.6 is 0 Å². The molecule has 1 heterocycles. The highest BCUT2D eigenvalue weighted by molar-refractivity contribution is 6.47. The number of fused-ring (bicyclic) bond motifs is 7. The third kappa shape index (κ3) is 2.96. The van der Waals surface area contributed by atoms with Gasteiger partial charge in [-0.25, -0.2) is 0 Å². The number of rotatable bonds is 4. The number of benzene rings is 3. The van der Waals surface area contributed by atoms with Gasteiger partial charge in [-0.05, 0) is 50.5 Å². The fourth-order valence-corrected chi connectivity index (χ4v) is 4.45. The summed E-state index contributed by atoms with van der Waals surface area (Å²) >= 11 is 0. The molecule has 3 nitrogen and oxygen atoms in total. The molecule has 31 heavy (non-hydrogen) atoms. The standard InChI is InChI=1S/C27H28BO3/c1-25(2)20-14-13-18-17-9-7-8-10-22(17)30-24(18)23(20)19-12-11-16(15-21(19)25)28-31-27(5,6)26(3,4)29/h7-15,29H,1-6H3. The minimum absolute atomic E-state index is 0.145. The van der Waals surface area contributed by atoms with Crippen molar-refractivity contribution in [2.75, 3.05) is 0 Å². The smallest absolute Gasteiger partial charge is 0.330 e. The lowest BCUT2D eigenvalue weighted by Crippen LogP contribution is -2.49. The van der Waals surface area contributed by atoms with E-state index >= 15 is 0 Å². The quantitative estimate of drug-likeness (QED) is 0.438. The first-order chi connectivity index (χ1) is 14.5. The van der Waals surface area contributed by atoms with Gasteiger partial charge in [-0.3, -0.25) is 0 Å². The Morgan fingerprint density at radius 3 is 2.39 bits per heavy atom. The van der Waals surface area contributed by atoms with Crippen molar-refractivity contribution < 1.29 is 14.2 Å². The molecular formula is C27H28BO3. The molecule has 0 unspecified atom stereocenters. The van der Waals surface area contributed by atoms with E-state index in [1.165, 1.54) is 22.3 Å². The van der Waals surface area contributed by atoms with E-state index in [0.717, 1.165) is 27.4 Å². The zero-order chi connectivity index (χ0) is 22.2. The van der Waals surface area contributed by atoms with Crippen molar-refractivity contribution in [2.45, 2.75) is 58.2 Å². The molecule has 0 bridgehead atoms. The van der Waals surface area contributed by atoms with Crippen molar-refractivity contribution in [2.24, 2.45) is 0 Å². The average molecular weight is 411 g/mol. The summed E-state index contributed by atoms with van der Waals surface area (Å²) in [5, 5.41) is 12.7. The molecule has 0 amide bonds. The predicted molar refractivity (Wildman–Crippen MR) is 128 cm³/mol. The van der Waals surface area contributed by atoms with E-state index in [1.807, 2.05) is 26.0 Å². The molecule has 1 aliphatic carbocycles. The molecule has 157 valence electrons. The Kier molecular flexibility index (Phi) is 4.25. The van der Waals surface area contributed by atoms with Gasteiger partial charge in [0, 0.05) is 21.8 Å². The van der Waals surface area contributed by atoms with Gasteiger partial charge in [-0.2, -0.15) is 0 Å². The number of furan rings is 1. The lowest BCUT2D eigenvalue weighted by Gasteiger charge is -2.37. The van der Waals surface area contributed by atoms with Crippen LogP contribution in [-0.2, 0) is 10.1 Å². The van der Waals surface area contributed by atoms with Crippen LogP contribution in [0.2, 0.25) is 0 Å². The van der Waals surface area contributed by atoms with Gasteiger partial charge < -0.3 is 14.2 Å². The number of aliphatic hydroxyl groups is 1. The van der Waals surface area contributed by atoms with Crippen molar-refractivity contribution in [1.82, 2.24) is 0 Å². The Morgan fingerprint density at radius 2 is 1.65 bits per heavy atom. The second kappa shape index (κ2) is 6.47. The summed E-state index contributed by atoms with van der Waals surface area (Å²) in [6.45, 7) is 11.8. The number of hydrogen-bond donors (Lipinski definition) is 1. The molecule has 1 N–H and O–H groups in total. The highest BCUT2D eigenvalue weighted by Gasteiger charge is 2.39. The molecule has 5 rings (SSSR count). The first-order valence-electron chi connectivity index (χ1n) is 10.8. The Bertz CT molecular complexity index is 1320. The van der Waals surface area contributed by atoms with E-state index in [0.29, 0.717) is 0 Å². The number of hydrogen-bond acceptors (Lipinski definition) is 3. The van der Waals surface area contributed by atoms with Gasteiger partial charge in [-0.1, -0.05) is 67.8 Å². The van der Waals surface area contributed by atoms with Crippen LogP contribution in [0.3, 0.4) is 0 Å². The van der Waals surface area contributed by atoms with Gasteiger partial charge >= 0.3 is 7.48 Å². The fraction of sp³-hybridized carbons (Fsp3) is 0.333. The topological polar surface area (TPSA) is 42.6 Å². The van der Waals surface area contributed by atoms with Crippen LogP contribution in [0.5, 0.6) is 0 Å². The lowest BCUT2D eigenvalue weighted by atomic mass is 9.77. The van der Waals surface area contributed by atoms with Gasteiger partial charge in [0.1, 0.15) is 11.2 Å². The third-order valence-electron chi connectivity index (χ3n) is 7.17. The Hall–Kier alpha value is -2.56. The molecule has 3 aromatic carbocycles. The van der Waals surface area contributed by atoms with Crippen molar-refractivity contribution in [3.63, 3.8) is 0 Å². The SMILES string of the molecule is CC1(C)c2cc([B]OC(C)(C)C(C)(C)O)ccc2-c2c1ccc1c2oc2ccccc21. The van der Waals surface area contributed by atoms with Gasteiger partial charge in [0.15, 0.2) is 0 Å². The monoisotopic (exact) mass is 411 g/mol. The van der Waals surface area contributed by atoms with E-state index < -0.39 is 11.2 Å². The van der Waals surface area contributed by atoms with Crippen molar-refractivity contribution >= 4 is 34.9 Å².